The molecule has 0 aromatic rings. The van der Waals surface area contributed by atoms with Crippen LogP contribution in [0.3, 0.4) is 0 Å². The Balaban J connectivity index is 2.46. The van der Waals surface area contributed by atoms with E-state index in [0.717, 1.165) is 6.42 Å². The molecule has 0 aromatic carbocycles. The van der Waals surface area contributed by atoms with Gasteiger partial charge >= 0.3 is 5.97 Å². The van der Waals surface area contributed by atoms with Crippen LogP contribution < -0.4 is 0 Å². The summed E-state index contributed by atoms with van der Waals surface area (Å²) in [6, 6.07) is 0. The molecule has 0 heterocycles. The van der Waals surface area contributed by atoms with E-state index in [1.54, 1.807) is 0 Å². The molecule has 0 radical (unpaired) electrons. The van der Waals surface area contributed by atoms with Crippen molar-refractivity contribution >= 4 is 5.97 Å². The molecule has 0 amide bonds. The summed E-state index contributed by atoms with van der Waals surface area (Å²) in [4.78, 5) is 11.0. The number of hydrogen-bond acceptors (Lipinski definition) is 2. The Morgan fingerprint density at radius 2 is 2.20 bits per heavy atom. The van der Waals surface area contributed by atoms with Crippen LogP contribution in [0, 0.1) is 11.8 Å². The van der Waals surface area contributed by atoms with E-state index in [0.29, 0.717) is 5.92 Å². The summed E-state index contributed by atoms with van der Waals surface area (Å²) in [5.41, 5.74) is 0. The molecule has 58 valence electrons. The van der Waals surface area contributed by atoms with Gasteiger partial charge in [-0.1, -0.05) is 13.3 Å². The van der Waals surface area contributed by atoms with Gasteiger partial charge in [-0.25, -0.2) is 0 Å². The van der Waals surface area contributed by atoms with Crippen LogP contribution in [-0.2, 0) is 9.53 Å². The molecule has 1 aliphatic carbocycles. The Morgan fingerprint density at radius 3 is 2.60 bits per heavy atom. The van der Waals surface area contributed by atoms with Crippen molar-refractivity contribution in [1.82, 2.24) is 0 Å². The van der Waals surface area contributed by atoms with Gasteiger partial charge < -0.3 is 4.74 Å². The quantitative estimate of drug-likeness (QED) is 0.520. The van der Waals surface area contributed by atoms with Crippen molar-refractivity contribution in [3.8, 4) is 0 Å². The summed E-state index contributed by atoms with van der Waals surface area (Å²) < 4.78 is 4.67. The maximum absolute atomic E-state index is 11.0. The molecule has 0 aromatic heterocycles. The van der Waals surface area contributed by atoms with E-state index < -0.39 is 0 Å². The third-order valence-corrected chi connectivity index (χ3v) is 2.37. The van der Waals surface area contributed by atoms with Crippen LogP contribution in [-0.4, -0.2) is 13.1 Å². The lowest BCUT2D eigenvalue weighted by atomic mass is 9.99. The van der Waals surface area contributed by atoms with Gasteiger partial charge in [0.15, 0.2) is 0 Å². The molecule has 1 rings (SSSR count). The average molecular weight is 142 g/mol. The Labute approximate surface area is 61.6 Å². The summed E-state index contributed by atoms with van der Waals surface area (Å²) in [7, 11) is 1.47. The minimum absolute atomic E-state index is 0.0231. The molecule has 0 N–H and O–H groups in total. The van der Waals surface area contributed by atoms with Crippen molar-refractivity contribution in [2.45, 2.75) is 26.2 Å². The van der Waals surface area contributed by atoms with Crippen molar-refractivity contribution in [3.05, 3.63) is 0 Å². The molecule has 0 spiro atoms. The standard InChI is InChI=1S/C8H14O2/c1-6-4-3-5-7(6)8(9)10-2/h6-7H,3-5H2,1-2H3/t6?,7-/m0/s1. The van der Waals surface area contributed by atoms with E-state index in [1.807, 2.05) is 0 Å². The Hall–Kier alpha value is -0.530. The Bertz CT molecular complexity index is 131. The molecular weight excluding hydrogens is 128 g/mol. The van der Waals surface area contributed by atoms with E-state index >= 15 is 0 Å². The summed E-state index contributed by atoms with van der Waals surface area (Å²) >= 11 is 0. The van der Waals surface area contributed by atoms with E-state index in [-0.39, 0.29) is 11.9 Å². The maximum atomic E-state index is 11.0. The fourth-order valence-corrected chi connectivity index (χ4v) is 1.65. The van der Waals surface area contributed by atoms with Gasteiger partial charge in [-0.05, 0) is 18.8 Å². The number of methoxy groups -OCH3 is 1. The molecular formula is C8H14O2. The van der Waals surface area contributed by atoms with Gasteiger partial charge in [0.2, 0.25) is 0 Å². The molecule has 0 aliphatic heterocycles. The fraction of sp³-hybridized carbons (Fsp3) is 0.875. The van der Waals surface area contributed by atoms with Gasteiger partial charge in [0.1, 0.15) is 0 Å². The number of esters is 1. The van der Waals surface area contributed by atoms with Gasteiger partial charge in [-0.2, -0.15) is 0 Å². The minimum atomic E-state index is -0.0231. The number of hydrogen-bond donors (Lipinski definition) is 0. The fourth-order valence-electron chi connectivity index (χ4n) is 1.65. The first-order valence-electron chi connectivity index (χ1n) is 3.83. The highest BCUT2D eigenvalue weighted by Crippen LogP contribution is 2.31. The molecule has 1 aliphatic rings. The molecule has 10 heavy (non-hydrogen) atoms. The molecule has 1 unspecified atom stereocenters. The van der Waals surface area contributed by atoms with Crippen LogP contribution in [0.5, 0.6) is 0 Å². The Kier molecular flexibility index (Phi) is 2.30. The minimum Gasteiger partial charge on any atom is -0.469 e. The first-order valence-corrected chi connectivity index (χ1v) is 3.83. The molecule has 2 heteroatoms. The second kappa shape index (κ2) is 3.04. The number of ether oxygens (including phenoxy) is 1. The van der Waals surface area contributed by atoms with Gasteiger partial charge in [0.25, 0.3) is 0 Å². The predicted molar refractivity (Wildman–Crippen MR) is 38.5 cm³/mol. The highest BCUT2D eigenvalue weighted by atomic mass is 16.5. The van der Waals surface area contributed by atoms with Gasteiger partial charge in [0.05, 0.1) is 13.0 Å². The lowest BCUT2D eigenvalue weighted by Gasteiger charge is -2.11. The number of carbonyl (C=O) groups excluding carboxylic acids is 1. The summed E-state index contributed by atoms with van der Waals surface area (Å²) in [6.07, 6.45) is 3.38. The monoisotopic (exact) mass is 142 g/mol. The third kappa shape index (κ3) is 1.31. The van der Waals surface area contributed by atoms with Crippen LogP contribution in [0.4, 0.5) is 0 Å². The first-order chi connectivity index (χ1) is 4.75. The summed E-state index contributed by atoms with van der Waals surface area (Å²) in [6.45, 7) is 2.12. The van der Waals surface area contributed by atoms with Crippen molar-refractivity contribution in [1.29, 1.82) is 0 Å². The van der Waals surface area contributed by atoms with Crippen molar-refractivity contribution in [2.75, 3.05) is 7.11 Å². The second-order valence-electron chi connectivity index (χ2n) is 3.04. The van der Waals surface area contributed by atoms with Gasteiger partial charge in [-0.3, -0.25) is 4.79 Å². The summed E-state index contributed by atoms with van der Waals surface area (Å²) in [5.74, 6) is 0.697. The van der Waals surface area contributed by atoms with E-state index in [4.69, 9.17) is 0 Å². The van der Waals surface area contributed by atoms with Gasteiger partial charge in [-0.15, -0.1) is 0 Å². The van der Waals surface area contributed by atoms with Crippen LogP contribution in [0.1, 0.15) is 26.2 Å². The second-order valence-corrected chi connectivity index (χ2v) is 3.04. The molecule has 1 fully saturated rings. The lowest BCUT2D eigenvalue weighted by Crippen LogP contribution is -2.17. The highest BCUT2D eigenvalue weighted by Gasteiger charge is 2.30. The third-order valence-electron chi connectivity index (χ3n) is 2.37. The molecule has 2 nitrogen and oxygen atoms in total. The van der Waals surface area contributed by atoms with Crippen LogP contribution >= 0.6 is 0 Å². The highest BCUT2D eigenvalue weighted by molar-refractivity contribution is 5.72. The molecule has 2 atom stereocenters. The largest absolute Gasteiger partial charge is 0.469 e. The maximum Gasteiger partial charge on any atom is 0.308 e. The van der Waals surface area contributed by atoms with Gasteiger partial charge in [0, 0.05) is 0 Å². The van der Waals surface area contributed by atoms with Crippen molar-refractivity contribution < 1.29 is 9.53 Å². The van der Waals surface area contributed by atoms with E-state index in [1.165, 1.54) is 20.0 Å². The summed E-state index contributed by atoms with van der Waals surface area (Å²) in [5, 5.41) is 0. The van der Waals surface area contributed by atoms with Crippen molar-refractivity contribution in [3.63, 3.8) is 0 Å². The molecule has 1 saturated carbocycles. The zero-order chi connectivity index (χ0) is 7.56. The number of rotatable bonds is 1. The smallest absolute Gasteiger partial charge is 0.308 e. The zero-order valence-electron chi connectivity index (χ0n) is 6.59. The van der Waals surface area contributed by atoms with Crippen LogP contribution in [0.25, 0.3) is 0 Å². The topological polar surface area (TPSA) is 26.3 Å². The Morgan fingerprint density at radius 1 is 1.50 bits per heavy atom. The zero-order valence-corrected chi connectivity index (χ0v) is 6.59. The van der Waals surface area contributed by atoms with Crippen molar-refractivity contribution in [2.24, 2.45) is 11.8 Å². The number of carbonyl (C=O) groups is 1. The van der Waals surface area contributed by atoms with Crippen LogP contribution in [0.2, 0.25) is 0 Å². The van der Waals surface area contributed by atoms with E-state index in [2.05, 4.69) is 11.7 Å². The first kappa shape index (κ1) is 7.58. The predicted octanol–water partition coefficient (Wildman–Crippen LogP) is 1.60. The average Bonchev–Trinajstić information content (AvgIpc) is 2.34. The van der Waals surface area contributed by atoms with E-state index in [9.17, 15) is 4.79 Å². The normalized spacial score (nSPS) is 32.2. The van der Waals surface area contributed by atoms with Crippen LogP contribution in [0.15, 0.2) is 0 Å². The SMILES string of the molecule is COC(=O)[C@H]1CCCC1C. The molecule has 0 saturated heterocycles. The lowest BCUT2D eigenvalue weighted by molar-refractivity contribution is -0.146. The molecule has 0 bridgehead atoms.